The van der Waals surface area contributed by atoms with Gasteiger partial charge in [0.15, 0.2) is 11.6 Å². The van der Waals surface area contributed by atoms with Crippen LogP contribution in [0.1, 0.15) is 27.7 Å². The first-order chi connectivity index (χ1) is 7.83. The largest absolute Gasteiger partial charge is 0.491 e. The molecule has 1 aromatic rings. The Bertz CT molecular complexity index is 386. The summed E-state index contributed by atoms with van der Waals surface area (Å²) in [7, 11) is 0. The Morgan fingerprint density at radius 2 is 2.00 bits per heavy atom. The minimum atomic E-state index is -0.425. The molecule has 0 aromatic heterocycles. The zero-order valence-corrected chi connectivity index (χ0v) is 10.9. The van der Waals surface area contributed by atoms with Gasteiger partial charge in [0.2, 0.25) is 0 Å². The maximum absolute atomic E-state index is 13.5. The molecule has 0 fully saturated rings. The van der Waals surface area contributed by atoms with E-state index in [9.17, 15) is 4.39 Å². The van der Waals surface area contributed by atoms with Gasteiger partial charge in [-0.05, 0) is 12.3 Å². The minimum Gasteiger partial charge on any atom is -0.491 e. The highest BCUT2D eigenvalue weighted by Gasteiger charge is 2.13. The van der Waals surface area contributed by atoms with E-state index in [4.69, 9.17) is 10.5 Å². The number of nitrogens with one attached hydrogen (secondary N) is 1. The van der Waals surface area contributed by atoms with Crippen molar-refractivity contribution in [2.75, 3.05) is 24.2 Å². The highest BCUT2D eigenvalue weighted by molar-refractivity contribution is 5.68. The summed E-state index contributed by atoms with van der Waals surface area (Å²) < 4.78 is 18.7. The Morgan fingerprint density at radius 1 is 1.35 bits per heavy atom. The Balaban J connectivity index is 2.88. The quantitative estimate of drug-likeness (QED) is 0.794. The average molecular weight is 240 g/mol. The first-order valence-corrected chi connectivity index (χ1v) is 5.79. The van der Waals surface area contributed by atoms with E-state index in [-0.39, 0.29) is 11.2 Å². The van der Waals surface area contributed by atoms with E-state index in [1.807, 2.05) is 6.92 Å². The van der Waals surface area contributed by atoms with Crippen molar-refractivity contribution in [1.82, 2.24) is 0 Å². The molecule has 3 nitrogen and oxygen atoms in total. The predicted molar refractivity (Wildman–Crippen MR) is 69.9 cm³/mol. The first kappa shape index (κ1) is 13.6. The van der Waals surface area contributed by atoms with Gasteiger partial charge in [0, 0.05) is 18.7 Å². The molecule has 0 spiro atoms. The van der Waals surface area contributed by atoms with E-state index in [1.54, 1.807) is 6.07 Å². The normalized spacial score (nSPS) is 11.4. The van der Waals surface area contributed by atoms with Crippen LogP contribution in [0.2, 0.25) is 0 Å². The number of ether oxygens (including phenoxy) is 1. The SMILES string of the molecule is CCOc1cc(NCC(C)(C)C)c(N)cc1F. The summed E-state index contributed by atoms with van der Waals surface area (Å²) in [6.45, 7) is 9.35. The molecule has 1 rings (SSSR count). The topological polar surface area (TPSA) is 47.3 Å². The molecule has 0 atom stereocenters. The molecule has 3 N–H and O–H groups in total. The number of benzene rings is 1. The molecule has 17 heavy (non-hydrogen) atoms. The predicted octanol–water partition coefficient (Wildman–Crippen LogP) is 3.26. The molecule has 0 radical (unpaired) electrons. The van der Waals surface area contributed by atoms with Gasteiger partial charge < -0.3 is 15.8 Å². The van der Waals surface area contributed by atoms with Crippen molar-refractivity contribution in [3.05, 3.63) is 17.9 Å². The number of hydrogen-bond acceptors (Lipinski definition) is 3. The average Bonchev–Trinajstić information content (AvgIpc) is 2.19. The Kier molecular flexibility index (Phi) is 4.21. The van der Waals surface area contributed by atoms with Crippen LogP contribution in [0.4, 0.5) is 15.8 Å². The van der Waals surface area contributed by atoms with Gasteiger partial charge in [-0.25, -0.2) is 4.39 Å². The van der Waals surface area contributed by atoms with Crippen LogP contribution in [0.3, 0.4) is 0 Å². The molecule has 4 heteroatoms. The lowest BCUT2D eigenvalue weighted by Gasteiger charge is -2.21. The van der Waals surface area contributed by atoms with Gasteiger partial charge in [0.05, 0.1) is 18.0 Å². The lowest BCUT2D eigenvalue weighted by molar-refractivity contribution is 0.322. The second-order valence-corrected chi connectivity index (χ2v) is 5.22. The molecule has 0 amide bonds. The van der Waals surface area contributed by atoms with E-state index in [2.05, 4.69) is 26.1 Å². The van der Waals surface area contributed by atoms with Gasteiger partial charge in [-0.15, -0.1) is 0 Å². The molecule has 0 bridgehead atoms. The van der Waals surface area contributed by atoms with Crippen LogP contribution in [-0.4, -0.2) is 13.2 Å². The molecule has 1 aromatic carbocycles. The fraction of sp³-hybridized carbons (Fsp3) is 0.538. The highest BCUT2D eigenvalue weighted by atomic mass is 19.1. The smallest absolute Gasteiger partial charge is 0.167 e. The maximum atomic E-state index is 13.5. The zero-order valence-electron chi connectivity index (χ0n) is 10.9. The van der Waals surface area contributed by atoms with Gasteiger partial charge in [-0.2, -0.15) is 0 Å². The summed E-state index contributed by atoms with van der Waals surface area (Å²) in [6.07, 6.45) is 0. The number of halogens is 1. The summed E-state index contributed by atoms with van der Waals surface area (Å²) in [5, 5.41) is 3.21. The summed E-state index contributed by atoms with van der Waals surface area (Å²) >= 11 is 0. The standard InChI is InChI=1S/C13H21FN2O/c1-5-17-12-7-11(10(15)6-9(12)14)16-8-13(2,3)4/h6-7,16H,5,8,15H2,1-4H3. The Labute approximate surface area is 102 Å². The molecule has 96 valence electrons. The molecule has 0 aliphatic rings. The Hall–Kier alpha value is -1.45. The van der Waals surface area contributed by atoms with E-state index < -0.39 is 5.82 Å². The second kappa shape index (κ2) is 5.25. The molecule has 0 aliphatic heterocycles. The minimum absolute atomic E-state index is 0.132. The van der Waals surface area contributed by atoms with Crippen LogP contribution in [-0.2, 0) is 0 Å². The van der Waals surface area contributed by atoms with Crippen molar-refractivity contribution in [2.24, 2.45) is 5.41 Å². The number of hydrogen-bond donors (Lipinski definition) is 2. The van der Waals surface area contributed by atoms with E-state index in [0.717, 1.165) is 6.54 Å². The first-order valence-electron chi connectivity index (χ1n) is 5.79. The maximum Gasteiger partial charge on any atom is 0.167 e. The van der Waals surface area contributed by atoms with Crippen molar-refractivity contribution in [3.8, 4) is 5.75 Å². The number of anilines is 2. The summed E-state index contributed by atoms with van der Waals surface area (Å²) in [6, 6.07) is 2.90. The van der Waals surface area contributed by atoms with Crippen molar-refractivity contribution in [1.29, 1.82) is 0 Å². The third-order valence-electron chi connectivity index (χ3n) is 2.21. The van der Waals surface area contributed by atoms with E-state index >= 15 is 0 Å². The van der Waals surface area contributed by atoms with Crippen LogP contribution in [0.15, 0.2) is 12.1 Å². The molecule has 0 saturated heterocycles. The monoisotopic (exact) mass is 240 g/mol. The molecule has 0 heterocycles. The van der Waals surface area contributed by atoms with Crippen LogP contribution in [0.5, 0.6) is 5.75 Å². The Morgan fingerprint density at radius 3 is 2.53 bits per heavy atom. The molecule has 0 aliphatic carbocycles. The highest BCUT2D eigenvalue weighted by Crippen LogP contribution is 2.29. The van der Waals surface area contributed by atoms with E-state index in [1.165, 1.54) is 6.07 Å². The van der Waals surface area contributed by atoms with Crippen LogP contribution in [0.25, 0.3) is 0 Å². The van der Waals surface area contributed by atoms with Crippen molar-refractivity contribution >= 4 is 11.4 Å². The van der Waals surface area contributed by atoms with Gasteiger partial charge in [0.1, 0.15) is 0 Å². The van der Waals surface area contributed by atoms with Gasteiger partial charge in [0.25, 0.3) is 0 Å². The fourth-order valence-corrected chi connectivity index (χ4v) is 1.35. The fourth-order valence-electron chi connectivity index (χ4n) is 1.35. The summed E-state index contributed by atoms with van der Waals surface area (Å²) in [5.74, 6) is -0.191. The molecule has 0 unspecified atom stereocenters. The van der Waals surface area contributed by atoms with Crippen molar-refractivity contribution in [3.63, 3.8) is 0 Å². The zero-order chi connectivity index (χ0) is 13.1. The van der Waals surface area contributed by atoms with Crippen LogP contribution >= 0.6 is 0 Å². The molecular formula is C13H21FN2O. The summed E-state index contributed by atoms with van der Waals surface area (Å²) in [5.41, 5.74) is 7.00. The molecule has 0 saturated carbocycles. The van der Waals surface area contributed by atoms with Gasteiger partial charge in [-0.1, -0.05) is 20.8 Å². The second-order valence-electron chi connectivity index (χ2n) is 5.22. The lowest BCUT2D eigenvalue weighted by Crippen LogP contribution is -2.19. The van der Waals surface area contributed by atoms with Gasteiger partial charge >= 0.3 is 0 Å². The third-order valence-corrected chi connectivity index (χ3v) is 2.21. The van der Waals surface area contributed by atoms with Crippen molar-refractivity contribution in [2.45, 2.75) is 27.7 Å². The van der Waals surface area contributed by atoms with Crippen LogP contribution < -0.4 is 15.8 Å². The van der Waals surface area contributed by atoms with E-state index in [0.29, 0.717) is 18.0 Å². The van der Waals surface area contributed by atoms with Gasteiger partial charge in [-0.3, -0.25) is 0 Å². The third kappa shape index (κ3) is 4.13. The lowest BCUT2D eigenvalue weighted by atomic mass is 9.97. The van der Waals surface area contributed by atoms with Crippen LogP contribution in [0, 0.1) is 11.2 Å². The number of nitrogen functional groups attached to an aromatic ring is 1. The molecular weight excluding hydrogens is 219 g/mol. The number of nitrogens with two attached hydrogens (primary N) is 1. The number of rotatable bonds is 4. The summed E-state index contributed by atoms with van der Waals surface area (Å²) in [4.78, 5) is 0. The van der Waals surface area contributed by atoms with Crippen molar-refractivity contribution < 1.29 is 9.13 Å².